The van der Waals surface area contributed by atoms with Gasteiger partial charge in [-0.25, -0.2) is 14.8 Å². The van der Waals surface area contributed by atoms with E-state index in [1.165, 1.54) is 7.11 Å². The number of rotatable bonds is 16. The summed E-state index contributed by atoms with van der Waals surface area (Å²) in [7, 11) is 1.30. The summed E-state index contributed by atoms with van der Waals surface area (Å²) in [6, 6.07) is 22.9. The molecule has 2 N–H and O–H groups in total. The minimum Gasteiger partial charge on any atom is -0.455 e. The fourth-order valence-corrected chi connectivity index (χ4v) is 6.23. The summed E-state index contributed by atoms with van der Waals surface area (Å²) in [5, 5.41) is 13.1. The van der Waals surface area contributed by atoms with E-state index in [1.54, 1.807) is 66.7 Å². The summed E-state index contributed by atoms with van der Waals surface area (Å²) < 4.78 is 41.3. The van der Waals surface area contributed by atoms with Gasteiger partial charge in [0.25, 0.3) is 0 Å². The molecule has 2 aromatic heterocycles. The van der Waals surface area contributed by atoms with Crippen molar-refractivity contribution in [2.75, 3.05) is 19.0 Å². The molecular weight excluding hydrogens is 698 g/mol. The standard InChI is InChI=1S/C40H41N3O11/c1-4-13-24(21-32-42-27-17-9-11-19-29(27)49-32)37(45)52-34-31(23-44)51-39(48-3)36(54-40(47)41-26-15-7-6-8-16-26)35(34)53-38(46)25(14-5-2)22-33-43-28-18-10-12-20-30(28)50-33/h4-12,15-20,24-25,31,34-36,39,44H,1-2,13-14,21-23H2,3H3,(H,41,47)/t24-,25-,31-,34-,35+,36+,39+/m1/s1. The Morgan fingerprint density at radius 2 is 1.28 bits per heavy atom. The van der Waals surface area contributed by atoms with Gasteiger partial charge in [-0.3, -0.25) is 14.9 Å². The van der Waals surface area contributed by atoms with E-state index in [1.807, 2.05) is 24.3 Å². The van der Waals surface area contributed by atoms with Crippen LogP contribution in [0.5, 0.6) is 0 Å². The van der Waals surface area contributed by atoms with Gasteiger partial charge in [0.15, 0.2) is 47.5 Å². The van der Waals surface area contributed by atoms with Crippen LogP contribution in [0.15, 0.2) is 113 Å². The summed E-state index contributed by atoms with van der Waals surface area (Å²) in [4.78, 5) is 50.4. The molecular formula is C40H41N3O11. The lowest BCUT2D eigenvalue weighted by atomic mass is 9.96. The first-order chi connectivity index (χ1) is 26.3. The molecule has 0 aliphatic carbocycles. The first-order valence-corrected chi connectivity index (χ1v) is 17.4. The highest BCUT2D eigenvalue weighted by Gasteiger charge is 2.53. The van der Waals surface area contributed by atoms with Crippen molar-refractivity contribution in [1.82, 2.24) is 9.97 Å². The summed E-state index contributed by atoms with van der Waals surface area (Å²) in [5.41, 5.74) is 2.77. The zero-order valence-corrected chi connectivity index (χ0v) is 29.6. The van der Waals surface area contributed by atoms with E-state index in [0.29, 0.717) is 39.7 Å². The molecule has 0 saturated carbocycles. The molecule has 0 spiro atoms. The Labute approximate surface area is 310 Å². The van der Waals surface area contributed by atoms with E-state index < -0.39 is 67.2 Å². The van der Waals surface area contributed by atoms with Crippen molar-refractivity contribution < 1.29 is 52.0 Å². The van der Waals surface area contributed by atoms with Crippen molar-refractivity contribution in [1.29, 1.82) is 0 Å². The molecule has 7 atom stereocenters. The van der Waals surface area contributed by atoms with E-state index in [-0.39, 0.29) is 25.7 Å². The van der Waals surface area contributed by atoms with Gasteiger partial charge >= 0.3 is 18.0 Å². The lowest BCUT2D eigenvalue weighted by molar-refractivity contribution is -0.299. The molecule has 6 rings (SSSR count). The van der Waals surface area contributed by atoms with Crippen LogP contribution in [0.25, 0.3) is 22.2 Å². The second kappa shape index (κ2) is 17.8. The molecule has 0 bridgehead atoms. The number of nitrogens with one attached hydrogen (secondary N) is 1. The largest absolute Gasteiger partial charge is 0.455 e. The third-order valence-electron chi connectivity index (χ3n) is 8.86. The molecule has 282 valence electrons. The van der Waals surface area contributed by atoms with Crippen molar-refractivity contribution in [3.05, 3.63) is 116 Å². The fraction of sp³-hybridized carbons (Fsp3) is 0.325. The molecule has 5 aromatic rings. The molecule has 54 heavy (non-hydrogen) atoms. The number of esters is 2. The Bertz CT molecular complexity index is 2000. The number of carbonyl (C=O) groups excluding carboxylic acids is 3. The number of aliphatic hydroxyl groups excluding tert-OH is 1. The molecule has 0 radical (unpaired) electrons. The molecule has 3 heterocycles. The highest BCUT2D eigenvalue weighted by atomic mass is 16.7. The van der Waals surface area contributed by atoms with Gasteiger partial charge in [0, 0.05) is 25.6 Å². The van der Waals surface area contributed by atoms with Crippen LogP contribution in [-0.4, -0.2) is 77.5 Å². The van der Waals surface area contributed by atoms with Gasteiger partial charge < -0.3 is 37.6 Å². The van der Waals surface area contributed by atoms with Crippen molar-refractivity contribution >= 4 is 45.9 Å². The van der Waals surface area contributed by atoms with Gasteiger partial charge in [0.05, 0.1) is 18.4 Å². The maximum Gasteiger partial charge on any atom is 0.412 e. The summed E-state index contributed by atoms with van der Waals surface area (Å²) in [5.74, 6) is -2.63. The molecule has 1 amide bonds. The Morgan fingerprint density at radius 1 is 0.759 bits per heavy atom. The predicted molar refractivity (Wildman–Crippen MR) is 195 cm³/mol. The third kappa shape index (κ3) is 9.02. The molecule has 1 aliphatic rings. The predicted octanol–water partition coefficient (Wildman–Crippen LogP) is 5.94. The lowest BCUT2D eigenvalue weighted by Gasteiger charge is -2.44. The smallest absolute Gasteiger partial charge is 0.412 e. The van der Waals surface area contributed by atoms with E-state index in [9.17, 15) is 19.5 Å². The number of aromatic nitrogens is 2. The molecule has 14 nitrogen and oxygen atoms in total. The summed E-state index contributed by atoms with van der Waals surface area (Å²) in [6.45, 7) is 6.91. The number of hydrogen-bond donors (Lipinski definition) is 2. The van der Waals surface area contributed by atoms with Crippen molar-refractivity contribution in [2.45, 2.75) is 56.4 Å². The number of fused-ring (bicyclic) bond motifs is 2. The summed E-state index contributed by atoms with van der Waals surface area (Å²) in [6.07, 6.45) is -4.50. The monoisotopic (exact) mass is 739 g/mol. The van der Waals surface area contributed by atoms with Crippen LogP contribution in [0.1, 0.15) is 24.6 Å². The van der Waals surface area contributed by atoms with Gasteiger partial charge in [-0.15, -0.1) is 13.2 Å². The number of anilines is 1. The maximum atomic E-state index is 14.1. The van der Waals surface area contributed by atoms with Gasteiger partial charge in [-0.05, 0) is 49.2 Å². The van der Waals surface area contributed by atoms with Crippen LogP contribution in [0, 0.1) is 11.8 Å². The van der Waals surface area contributed by atoms with Crippen LogP contribution in [0.4, 0.5) is 10.5 Å². The Balaban J connectivity index is 1.30. The van der Waals surface area contributed by atoms with Crippen LogP contribution in [0.2, 0.25) is 0 Å². The Kier molecular flexibility index (Phi) is 12.5. The zero-order valence-electron chi connectivity index (χ0n) is 29.6. The van der Waals surface area contributed by atoms with Crippen LogP contribution >= 0.6 is 0 Å². The third-order valence-corrected chi connectivity index (χ3v) is 8.86. The molecule has 14 heteroatoms. The van der Waals surface area contributed by atoms with E-state index >= 15 is 0 Å². The number of amides is 1. The van der Waals surface area contributed by atoms with Crippen LogP contribution in [-0.2, 0) is 46.1 Å². The molecule has 1 fully saturated rings. The number of ether oxygens (including phenoxy) is 5. The summed E-state index contributed by atoms with van der Waals surface area (Å²) >= 11 is 0. The van der Waals surface area contributed by atoms with Crippen LogP contribution in [0.3, 0.4) is 0 Å². The quantitative estimate of drug-likeness (QED) is 0.0690. The number of benzene rings is 3. The van der Waals surface area contributed by atoms with E-state index in [4.69, 9.17) is 32.5 Å². The average Bonchev–Trinajstić information content (AvgIpc) is 3.79. The lowest BCUT2D eigenvalue weighted by Crippen LogP contribution is -2.63. The topological polar surface area (TPSA) is 182 Å². The maximum absolute atomic E-state index is 14.1. The van der Waals surface area contributed by atoms with Gasteiger partial charge in [-0.2, -0.15) is 0 Å². The van der Waals surface area contributed by atoms with Crippen molar-refractivity contribution in [2.24, 2.45) is 11.8 Å². The highest BCUT2D eigenvalue weighted by Crippen LogP contribution is 2.32. The van der Waals surface area contributed by atoms with Gasteiger partial charge in [0.2, 0.25) is 0 Å². The minimum atomic E-state index is -1.52. The normalized spacial score (nSPS) is 20.8. The Hall–Kier alpha value is -5.83. The van der Waals surface area contributed by atoms with Crippen LogP contribution < -0.4 is 5.32 Å². The molecule has 1 saturated heterocycles. The average molecular weight is 740 g/mol. The molecule has 3 aromatic carbocycles. The number of nitrogens with zero attached hydrogens (tertiary/aromatic N) is 2. The number of carbonyl (C=O) groups is 3. The highest BCUT2D eigenvalue weighted by molar-refractivity contribution is 5.84. The number of aliphatic hydroxyl groups is 1. The zero-order chi connectivity index (χ0) is 38.0. The fourth-order valence-electron chi connectivity index (χ4n) is 6.23. The molecule has 1 aliphatic heterocycles. The number of methoxy groups -OCH3 is 1. The minimum absolute atomic E-state index is 0.0380. The molecule has 0 unspecified atom stereocenters. The van der Waals surface area contributed by atoms with Crippen molar-refractivity contribution in [3.8, 4) is 0 Å². The number of hydrogen-bond acceptors (Lipinski definition) is 13. The van der Waals surface area contributed by atoms with Gasteiger partial charge in [0.1, 0.15) is 17.1 Å². The van der Waals surface area contributed by atoms with Gasteiger partial charge in [-0.1, -0.05) is 54.6 Å². The first-order valence-electron chi connectivity index (χ1n) is 17.4. The number of para-hydroxylation sites is 5. The first kappa shape index (κ1) is 37.9. The Morgan fingerprint density at radius 3 is 1.78 bits per heavy atom. The van der Waals surface area contributed by atoms with E-state index in [2.05, 4.69) is 28.4 Å². The SMILES string of the molecule is C=CC[C@H](Cc1nc2ccccc2o1)C(=O)O[C@@H]1[C@H](OC(=O)Nc2ccccc2)[C@@H](OC)O[C@H](CO)[C@H]1OC(=O)[C@H](CC=C)Cc1nc2ccccc2o1. The number of allylic oxidation sites excluding steroid dienone is 2. The number of oxazole rings is 2. The second-order valence-electron chi connectivity index (χ2n) is 12.6. The van der Waals surface area contributed by atoms with E-state index in [0.717, 1.165) is 0 Å². The van der Waals surface area contributed by atoms with Crippen molar-refractivity contribution in [3.63, 3.8) is 0 Å². The second-order valence-corrected chi connectivity index (χ2v) is 12.6.